The summed E-state index contributed by atoms with van der Waals surface area (Å²) < 4.78 is 85.9. The second-order valence-corrected chi connectivity index (χ2v) is 11.5. The Labute approximate surface area is 210 Å². The van der Waals surface area contributed by atoms with Crippen LogP contribution < -0.4 is 5.32 Å². The van der Waals surface area contributed by atoms with Gasteiger partial charge < -0.3 is 10.1 Å². The lowest BCUT2D eigenvalue weighted by Gasteiger charge is -2.56. The van der Waals surface area contributed by atoms with Crippen molar-refractivity contribution in [3.8, 4) is 0 Å². The maximum atomic E-state index is 13.6. The van der Waals surface area contributed by atoms with E-state index >= 15 is 0 Å². The van der Waals surface area contributed by atoms with Crippen molar-refractivity contribution in [1.82, 2.24) is 0 Å². The largest absolute Gasteiger partial charge is 0.431 e. The minimum atomic E-state index is -4.92. The third-order valence-corrected chi connectivity index (χ3v) is 9.69. The van der Waals surface area contributed by atoms with E-state index in [1.807, 2.05) is 13.0 Å². The SMILES string of the molecule is C[C@]12CC[C@H]3[C@@H](CC=C4OC(=O)CC[C@@]43C)[C@@H]1CC[C@@H]2C(=O)Nc1cc(C(F)(F)F)ccc1C(F)(F)F. The van der Waals surface area contributed by atoms with Gasteiger partial charge in [-0.3, -0.25) is 9.59 Å². The maximum Gasteiger partial charge on any atom is 0.418 e. The lowest BCUT2D eigenvalue weighted by molar-refractivity contribution is -0.152. The molecule has 202 valence electrons. The van der Waals surface area contributed by atoms with E-state index < -0.39 is 46.4 Å². The summed E-state index contributed by atoms with van der Waals surface area (Å²) in [5.74, 6) is -0.145. The van der Waals surface area contributed by atoms with Crippen LogP contribution in [0.2, 0.25) is 0 Å². The van der Waals surface area contributed by atoms with E-state index in [1.165, 1.54) is 0 Å². The number of fused-ring (bicyclic) bond motifs is 5. The molecule has 3 aliphatic carbocycles. The molecule has 1 aliphatic heterocycles. The number of benzene rings is 1. The fourth-order valence-electron chi connectivity index (χ4n) is 7.79. The normalized spacial score (nSPS) is 35.6. The van der Waals surface area contributed by atoms with Crippen LogP contribution in [0.1, 0.15) is 69.9 Å². The predicted octanol–water partition coefficient (Wildman–Crippen LogP) is 7.35. The molecule has 0 radical (unpaired) electrons. The molecule has 37 heavy (non-hydrogen) atoms. The van der Waals surface area contributed by atoms with Crippen LogP contribution in [0.4, 0.5) is 32.0 Å². The van der Waals surface area contributed by atoms with Crippen molar-refractivity contribution in [2.45, 2.75) is 71.1 Å². The van der Waals surface area contributed by atoms with Gasteiger partial charge in [0.05, 0.1) is 16.8 Å². The number of ether oxygens (including phenoxy) is 1. The van der Waals surface area contributed by atoms with Gasteiger partial charge in [0.25, 0.3) is 0 Å². The highest BCUT2D eigenvalue weighted by Gasteiger charge is 2.60. The molecule has 5 rings (SSSR count). The van der Waals surface area contributed by atoms with Crippen molar-refractivity contribution in [2.24, 2.45) is 34.5 Å². The number of esters is 1. The first kappa shape index (κ1) is 26.1. The molecule has 4 nitrogen and oxygen atoms in total. The number of hydrogen-bond donors (Lipinski definition) is 1. The topological polar surface area (TPSA) is 55.4 Å². The van der Waals surface area contributed by atoms with E-state index in [0.717, 1.165) is 12.2 Å². The van der Waals surface area contributed by atoms with Crippen LogP contribution in [-0.4, -0.2) is 11.9 Å². The molecule has 2 saturated carbocycles. The van der Waals surface area contributed by atoms with Gasteiger partial charge in [0.1, 0.15) is 5.76 Å². The van der Waals surface area contributed by atoms with Crippen LogP contribution in [0.3, 0.4) is 0 Å². The average molecular weight is 530 g/mol. The van der Waals surface area contributed by atoms with E-state index in [4.69, 9.17) is 4.74 Å². The van der Waals surface area contributed by atoms with Crippen molar-refractivity contribution in [3.63, 3.8) is 0 Å². The van der Waals surface area contributed by atoms with Gasteiger partial charge in [0, 0.05) is 17.8 Å². The van der Waals surface area contributed by atoms with Gasteiger partial charge in [-0.1, -0.05) is 13.8 Å². The summed E-state index contributed by atoms with van der Waals surface area (Å²) in [6.45, 7) is 4.11. The lowest BCUT2D eigenvalue weighted by atomic mass is 9.49. The van der Waals surface area contributed by atoms with Crippen molar-refractivity contribution in [2.75, 3.05) is 5.32 Å². The second-order valence-electron chi connectivity index (χ2n) is 11.5. The molecule has 1 amide bonds. The second kappa shape index (κ2) is 8.50. The summed E-state index contributed by atoms with van der Waals surface area (Å²) in [6.07, 6.45) is -3.42. The number of amides is 1. The van der Waals surface area contributed by atoms with E-state index in [-0.39, 0.29) is 29.1 Å². The Bertz CT molecular complexity index is 1160. The van der Waals surface area contributed by atoms with E-state index in [0.29, 0.717) is 56.7 Å². The summed E-state index contributed by atoms with van der Waals surface area (Å²) >= 11 is 0. The van der Waals surface area contributed by atoms with E-state index in [9.17, 15) is 35.9 Å². The predicted molar refractivity (Wildman–Crippen MR) is 122 cm³/mol. The zero-order valence-corrected chi connectivity index (χ0v) is 20.6. The summed E-state index contributed by atoms with van der Waals surface area (Å²) in [5.41, 5.74) is -4.17. The van der Waals surface area contributed by atoms with Crippen molar-refractivity contribution in [1.29, 1.82) is 0 Å². The summed E-state index contributed by atoms with van der Waals surface area (Å²) in [7, 11) is 0. The van der Waals surface area contributed by atoms with Crippen molar-refractivity contribution < 1.29 is 40.7 Å². The van der Waals surface area contributed by atoms with Gasteiger partial charge >= 0.3 is 18.3 Å². The van der Waals surface area contributed by atoms with Crippen LogP contribution in [0, 0.1) is 34.5 Å². The van der Waals surface area contributed by atoms with Gasteiger partial charge in [-0.25, -0.2) is 0 Å². The zero-order valence-electron chi connectivity index (χ0n) is 20.6. The van der Waals surface area contributed by atoms with Gasteiger partial charge in [-0.05, 0) is 86.0 Å². The number of anilines is 1. The third-order valence-electron chi connectivity index (χ3n) is 9.69. The molecule has 1 aromatic carbocycles. The van der Waals surface area contributed by atoms with Crippen LogP contribution in [-0.2, 0) is 26.7 Å². The number of alkyl halides is 6. The zero-order chi connectivity index (χ0) is 27.0. The number of carbonyl (C=O) groups is 2. The molecule has 0 bridgehead atoms. The van der Waals surface area contributed by atoms with Crippen LogP contribution >= 0.6 is 0 Å². The first-order valence-electron chi connectivity index (χ1n) is 12.7. The lowest BCUT2D eigenvalue weighted by Crippen LogP contribution is -2.51. The van der Waals surface area contributed by atoms with Gasteiger partial charge in [0.2, 0.25) is 5.91 Å². The Morgan fingerprint density at radius 3 is 2.41 bits per heavy atom. The molecule has 1 aromatic rings. The molecule has 4 aliphatic rings. The molecule has 1 heterocycles. The molecular formula is C27H29F6NO3. The number of halogens is 6. The monoisotopic (exact) mass is 529 g/mol. The summed E-state index contributed by atoms with van der Waals surface area (Å²) in [5, 5.41) is 2.23. The van der Waals surface area contributed by atoms with E-state index in [2.05, 4.69) is 12.2 Å². The van der Waals surface area contributed by atoms with Crippen LogP contribution in [0.15, 0.2) is 30.0 Å². The Morgan fingerprint density at radius 2 is 1.73 bits per heavy atom. The van der Waals surface area contributed by atoms with Gasteiger partial charge in [0.15, 0.2) is 0 Å². The number of hydrogen-bond acceptors (Lipinski definition) is 3. The molecule has 1 saturated heterocycles. The quantitative estimate of drug-likeness (QED) is 0.322. The minimum absolute atomic E-state index is 0.137. The molecule has 1 N–H and O–H groups in total. The van der Waals surface area contributed by atoms with Gasteiger partial charge in [-0.2, -0.15) is 26.3 Å². The fourth-order valence-corrected chi connectivity index (χ4v) is 7.79. The summed E-state index contributed by atoms with van der Waals surface area (Å²) in [4.78, 5) is 25.2. The molecular weight excluding hydrogens is 500 g/mol. The Hall–Kier alpha value is -2.52. The third kappa shape index (κ3) is 4.24. The smallest absolute Gasteiger partial charge is 0.418 e. The number of nitrogens with one attached hydrogen (secondary N) is 1. The Kier molecular flexibility index (Phi) is 5.99. The highest BCUT2D eigenvalue weighted by atomic mass is 19.4. The number of allylic oxidation sites excluding steroid dienone is 2. The number of rotatable bonds is 2. The minimum Gasteiger partial charge on any atom is -0.431 e. The van der Waals surface area contributed by atoms with Crippen molar-refractivity contribution in [3.05, 3.63) is 41.2 Å². The molecule has 3 fully saturated rings. The first-order valence-corrected chi connectivity index (χ1v) is 12.7. The molecule has 0 aromatic heterocycles. The molecule has 0 unspecified atom stereocenters. The highest BCUT2D eigenvalue weighted by Crippen LogP contribution is 2.66. The van der Waals surface area contributed by atoms with E-state index in [1.54, 1.807) is 0 Å². The maximum absolute atomic E-state index is 13.6. The average Bonchev–Trinajstić information content (AvgIpc) is 3.15. The standard InChI is InChI=1S/C27H29F6NO3/c1-24-11-9-17-15(4-8-21-25(17,2)12-10-22(35)37-21)16(24)6-7-19(24)23(36)34-20-13-14(26(28,29)30)3-5-18(20)27(31,32)33/h3,5,8,13,15-17,19H,4,6-7,9-12H2,1-2H3,(H,34,36)/t15-,16-,17-,19+,24-,25+/m0/s1. The van der Waals surface area contributed by atoms with Gasteiger partial charge in [-0.15, -0.1) is 0 Å². The van der Waals surface area contributed by atoms with Crippen LogP contribution in [0.5, 0.6) is 0 Å². The van der Waals surface area contributed by atoms with Crippen molar-refractivity contribution >= 4 is 17.6 Å². The van der Waals surface area contributed by atoms with Crippen LogP contribution in [0.25, 0.3) is 0 Å². The molecule has 10 heteroatoms. The fraction of sp³-hybridized carbons (Fsp3) is 0.630. The molecule has 6 atom stereocenters. The first-order chi connectivity index (χ1) is 17.1. The number of carbonyl (C=O) groups excluding carboxylic acids is 2. The molecule has 0 spiro atoms. The Morgan fingerprint density at radius 1 is 1.00 bits per heavy atom. The summed E-state index contributed by atoms with van der Waals surface area (Å²) in [6, 6.07) is 1.11. The highest BCUT2D eigenvalue weighted by molar-refractivity contribution is 5.94. The Balaban J connectivity index is 1.40.